The summed E-state index contributed by atoms with van der Waals surface area (Å²) >= 11 is 0. The van der Waals surface area contributed by atoms with E-state index >= 15 is 0 Å². The largest absolute Gasteiger partial charge is 0.464 e. The third-order valence-electron chi connectivity index (χ3n) is 2.73. The van der Waals surface area contributed by atoms with Crippen molar-refractivity contribution in [2.75, 3.05) is 31.2 Å². The molecule has 0 atom stereocenters. The molecule has 0 aliphatic carbocycles. The lowest BCUT2D eigenvalue weighted by Crippen LogP contribution is -2.36. The van der Waals surface area contributed by atoms with Gasteiger partial charge in [0.1, 0.15) is 5.58 Å². The summed E-state index contributed by atoms with van der Waals surface area (Å²) in [6, 6.07) is 9.13. The molecule has 1 aromatic heterocycles. The van der Waals surface area contributed by atoms with Crippen molar-refractivity contribution >= 4 is 16.7 Å². The molecule has 3 nitrogen and oxygen atoms in total. The first-order valence-electron chi connectivity index (χ1n) is 5.16. The summed E-state index contributed by atoms with van der Waals surface area (Å²) in [4.78, 5) is 2.29. The zero-order valence-corrected chi connectivity index (χ0v) is 8.40. The first kappa shape index (κ1) is 8.80. The van der Waals surface area contributed by atoms with E-state index in [2.05, 4.69) is 11.0 Å². The van der Waals surface area contributed by atoms with Crippen LogP contribution in [-0.4, -0.2) is 26.3 Å². The van der Waals surface area contributed by atoms with Crippen molar-refractivity contribution < 1.29 is 9.15 Å². The van der Waals surface area contributed by atoms with E-state index in [1.165, 1.54) is 0 Å². The summed E-state index contributed by atoms with van der Waals surface area (Å²) in [7, 11) is 0. The predicted molar refractivity (Wildman–Crippen MR) is 58.1 cm³/mol. The molecule has 1 fully saturated rings. The van der Waals surface area contributed by atoms with Crippen molar-refractivity contribution in [3.63, 3.8) is 0 Å². The number of rotatable bonds is 1. The van der Waals surface area contributed by atoms with Gasteiger partial charge in [-0.3, -0.25) is 0 Å². The fraction of sp³-hybridized carbons (Fsp3) is 0.333. The summed E-state index contributed by atoms with van der Waals surface area (Å²) in [6.07, 6.45) is 1.72. The van der Waals surface area contributed by atoms with Gasteiger partial charge in [0.25, 0.3) is 0 Å². The van der Waals surface area contributed by atoms with E-state index in [4.69, 9.17) is 9.15 Å². The highest BCUT2D eigenvalue weighted by Gasteiger charge is 2.14. The smallest absolute Gasteiger partial charge is 0.135 e. The number of nitrogens with zero attached hydrogens (tertiary/aromatic N) is 1. The van der Waals surface area contributed by atoms with Gasteiger partial charge in [0, 0.05) is 24.5 Å². The topological polar surface area (TPSA) is 25.6 Å². The van der Waals surface area contributed by atoms with Crippen molar-refractivity contribution in [1.82, 2.24) is 0 Å². The quantitative estimate of drug-likeness (QED) is 0.708. The average molecular weight is 202 g/mol. The van der Waals surface area contributed by atoms with Crippen molar-refractivity contribution in [3.05, 3.63) is 30.5 Å². The van der Waals surface area contributed by atoms with Gasteiger partial charge in [-0.25, -0.2) is 0 Å². The van der Waals surface area contributed by atoms with Crippen molar-refractivity contribution in [2.24, 2.45) is 0 Å². The number of anilines is 1. The number of morpholine rings is 1. The second-order valence-corrected chi connectivity index (χ2v) is 3.62. The molecule has 2 aromatic rings. The van der Waals surface area contributed by atoms with Gasteiger partial charge in [0.2, 0.25) is 0 Å². The Morgan fingerprint density at radius 3 is 2.93 bits per heavy atom. The zero-order chi connectivity index (χ0) is 10.1. The van der Waals surface area contributed by atoms with Crippen LogP contribution in [0.2, 0.25) is 0 Å². The summed E-state index contributed by atoms with van der Waals surface area (Å²) in [6.45, 7) is 3.45. The molecule has 1 aliphatic rings. The minimum atomic E-state index is 0.794. The van der Waals surface area contributed by atoms with E-state index in [1.807, 2.05) is 18.2 Å². The third-order valence-corrected chi connectivity index (χ3v) is 2.73. The van der Waals surface area contributed by atoms with Gasteiger partial charge in [-0.1, -0.05) is 0 Å². The molecule has 0 spiro atoms. The van der Waals surface area contributed by atoms with Gasteiger partial charge >= 0.3 is 0 Å². The maximum absolute atomic E-state index is 5.37. The van der Waals surface area contributed by atoms with Crippen LogP contribution in [-0.2, 0) is 4.74 Å². The first-order valence-corrected chi connectivity index (χ1v) is 5.16. The lowest BCUT2D eigenvalue weighted by Gasteiger charge is -2.28. The summed E-state index contributed by atoms with van der Waals surface area (Å²) in [5.41, 5.74) is 2.06. The second-order valence-electron chi connectivity index (χ2n) is 3.62. The van der Waals surface area contributed by atoms with E-state index in [1.54, 1.807) is 6.26 Å². The molecule has 3 heteroatoms. The summed E-state index contributed by atoms with van der Waals surface area (Å²) in [5.74, 6) is 0. The Bertz CT molecular complexity index is 457. The van der Waals surface area contributed by atoms with E-state index < -0.39 is 0 Å². The van der Waals surface area contributed by atoms with Crippen LogP contribution in [0.15, 0.2) is 28.9 Å². The van der Waals surface area contributed by atoms with Crippen LogP contribution in [0.1, 0.15) is 0 Å². The Kier molecular flexibility index (Phi) is 2.10. The molecule has 3 rings (SSSR count). The molecule has 1 radical (unpaired) electrons. The molecular weight excluding hydrogens is 190 g/mol. The molecule has 0 bridgehead atoms. The Labute approximate surface area is 88.2 Å². The molecule has 77 valence electrons. The highest BCUT2D eigenvalue weighted by Crippen LogP contribution is 2.27. The molecule has 0 unspecified atom stereocenters. The minimum absolute atomic E-state index is 0.794. The molecule has 0 amide bonds. The van der Waals surface area contributed by atoms with E-state index in [9.17, 15) is 0 Å². The fourth-order valence-corrected chi connectivity index (χ4v) is 1.97. The predicted octanol–water partition coefficient (Wildman–Crippen LogP) is 2.07. The Balaban J connectivity index is 2.05. The second kappa shape index (κ2) is 3.59. The van der Waals surface area contributed by atoms with E-state index in [-0.39, 0.29) is 0 Å². The Morgan fingerprint density at radius 1 is 1.20 bits per heavy atom. The number of furan rings is 1. The van der Waals surface area contributed by atoms with Crippen LogP contribution in [0, 0.1) is 6.07 Å². The van der Waals surface area contributed by atoms with Crippen LogP contribution < -0.4 is 4.90 Å². The highest BCUT2D eigenvalue weighted by atomic mass is 16.5. The zero-order valence-electron chi connectivity index (χ0n) is 8.40. The van der Waals surface area contributed by atoms with Crippen molar-refractivity contribution in [1.29, 1.82) is 0 Å². The lowest BCUT2D eigenvalue weighted by atomic mass is 10.2. The summed E-state index contributed by atoms with van der Waals surface area (Å²) < 4.78 is 10.7. The molecule has 15 heavy (non-hydrogen) atoms. The molecule has 1 aliphatic heterocycles. The van der Waals surface area contributed by atoms with Crippen LogP contribution >= 0.6 is 0 Å². The average Bonchev–Trinajstić information content (AvgIpc) is 2.78. The van der Waals surface area contributed by atoms with Gasteiger partial charge < -0.3 is 14.1 Å². The van der Waals surface area contributed by atoms with Crippen LogP contribution in [0.3, 0.4) is 0 Å². The third kappa shape index (κ3) is 1.49. The number of benzene rings is 1. The monoisotopic (exact) mass is 202 g/mol. The van der Waals surface area contributed by atoms with Crippen LogP contribution in [0.4, 0.5) is 5.69 Å². The number of fused-ring (bicyclic) bond motifs is 1. The molecular formula is C12H12NO2. The Morgan fingerprint density at radius 2 is 2.07 bits per heavy atom. The highest BCUT2D eigenvalue weighted by molar-refractivity contribution is 5.90. The number of hydrogen-bond donors (Lipinski definition) is 0. The Hall–Kier alpha value is -1.48. The van der Waals surface area contributed by atoms with Gasteiger partial charge in [-0.05, 0) is 18.2 Å². The normalized spacial score (nSPS) is 17.2. The molecule has 0 saturated carbocycles. The van der Waals surface area contributed by atoms with Crippen molar-refractivity contribution in [2.45, 2.75) is 0 Å². The lowest BCUT2D eigenvalue weighted by molar-refractivity contribution is 0.123. The number of hydrogen-bond acceptors (Lipinski definition) is 3. The maximum atomic E-state index is 5.37. The van der Waals surface area contributed by atoms with Crippen LogP contribution in [0.25, 0.3) is 11.0 Å². The molecule has 1 aromatic carbocycles. The minimum Gasteiger partial charge on any atom is -0.464 e. The molecule has 2 heterocycles. The van der Waals surface area contributed by atoms with Gasteiger partial charge in [-0.15, -0.1) is 0 Å². The maximum Gasteiger partial charge on any atom is 0.135 e. The van der Waals surface area contributed by atoms with Crippen LogP contribution in [0.5, 0.6) is 0 Å². The van der Waals surface area contributed by atoms with E-state index in [0.717, 1.165) is 43.0 Å². The number of ether oxygens (including phenoxy) is 1. The summed E-state index contributed by atoms with van der Waals surface area (Å²) in [5, 5.41) is 1.14. The van der Waals surface area contributed by atoms with E-state index in [0.29, 0.717) is 0 Å². The fourth-order valence-electron chi connectivity index (χ4n) is 1.97. The van der Waals surface area contributed by atoms with Gasteiger partial charge in [-0.2, -0.15) is 0 Å². The molecule has 0 N–H and O–H groups in total. The van der Waals surface area contributed by atoms with Crippen molar-refractivity contribution in [3.8, 4) is 0 Å². The first-order chi connectivity index (χ1) is 7.45. The standard InChI is InChI=1S/C12H12NO2/c1-2-11(13-5-8-14-9-6-13)10-4-7-15-12(10)3-1/h1,3-4,7H,5-6,8-9H2. The van der Waals surface area contributed by atoms with Gasteiger partial charge in [0.05, 0.1) is 25.2 Å². The SMILES string of the molecule is [c]1ccc2occc2c1N1CCOCC1. The molecule has 1 saturated heterocycles. The van der Waals surface area contributed by atoms with Gasteiger partial charge in [0.15, 0.2) is 0 Å².